The standard InChI is InChI=1S/C15H18N10O3/c1-27-14(26)11-10(25(22-19-11)13-12(16)20-28-21-13)9-23-5-7-24(8-6-23)15-17-3-2-4-18-15/h2-4H,5-9H2,1H3,(H2,16,20)/p+1. The van der Waals surface area contributed by atoms with E-state index in [0.717, 1.165) is 26.2 Å². The summed E-state index contributed by atoms with van der Waals surface area (Å²) in [4.78, 5) is 24.1. The zero-order chi connectivity index (χ0) is 19.5. The highest BCUT2D eigenvalue weighted by Gasteiger charge is 2.29. The number of nitrogens with two attached hydrogens (primary N) is 1. The van der Waals surface area contributed by atoms with Crippen LogP contribution in [0.25, 0.3) is 5.82 Å². The summed E-state index contributed by atoms with van der Waals surface area (Å²) >= 11 is 0. The minimum absolute atomic E-state index is 0.0589. The summed E-state index contributed by atoms with van der Waals surface area (Å²) in [6.07, 6.45) is 3.45. The van der Waals surface area contributed by atoms with Gasteiger partial charge in [0.05, 0.1) is 33.3 Å². The number of piperazine rings is 1. The zero-order valence-corrected chi connectivity index (χ0v) is 15.1. The maximum absolute atomic E-state index is 12.1. The predicted molar refractivity (Wildman–Crippen MR) is 93.6 cm³/mol. The van der Waals surface area contributed by atoms with Gasteiger partial charge in [-0.1, -0.05) is 5.21 Å². The molecule has 0 saturated carbocycles. The van der Waals surface area contributed by atoms with Crippen molar-refractivity contribution in [3.63, 3.8) is 0 Å². The molecule has 0 atom stereocenters. The van der Waals surface area contributed by atoms with Crippen LogP contribution in [0.1, 0.15) is 16.2 Å². The van der Waals surface area contributed by atoms with Crippen LogP contribution in [0, 0.1) is 0 Å². The van der Waals surface area contributed by atoms with Crippen LogP contribution in [0.4, 0.5) is 11.8 Å². The first kappa shape index (κ1) is 17.8. The molecule has 146 valence electrons. The van der Waals surface area contributed by atoms with Gasteiger partial charge in [-0.05, 0) is 16.4 Å². The van der Waals surface area contributed by atoms with Crippen molar-refractivity contribution in [2.45, 2.75) is 6.54 Å². The molecule has 0 aromatic carbocycles. The second-order valence-electron chi connectivity index (χ2n) is 6.22. The van der Waals surface area contributed by atoms with Crippen LogP contribution in [0.3, 0.4) is 0 Å². The molecule has 0 spiro atoms. The van der Waals surface area contributed by atoms with E-state index in [2.05, 4.69) is 40.1 Å². The molecule has 4 rings (SSSR count). The number of anilines is 2. The number of nitrogen functional groups attached to an aromatic ring is 1. The highest BCUT2D eigenvalue weighted by Crippen LogP contribution is 2.16. The third-order valence-corrected chi connectivity index (χ3v) is 4.56. The third kappa shape index (κ3) is 3.34. The zero-order valence-electron chi connectivity index (χ0n) is 15.1. The summed E-state index contributed by atoms with van der Waals surface area (Å²) in [5.41, 5.74) is 6.43. The molecule has 13 nitrogen and oxygen atoms in total. The molecular formula is C15H19N10O3+. The molecule has 13 heteroatoms. The maximum atomic E-state index is 12.1. The topological polar surface area (TPSA) is 155 Å². The van der Waals surface area contributed by atoms with E-state index in [1.165, 1.54) is 16.7 Å². The van der Waals surface area contributed by atoms with Crippen molar-refractivity contribution < 1.29 is 19.1 Å². The molecule has 1 aliphatic heterocycles. The van der Waals surface area contributed by atoms with Crippen LogP contribution >= 0.6 is 0 Å². The molecule has 3 aromatic heterocycles. The van der Waals surface area contributed by atoms with E-state index in [1.54, 1.807) is 18.5 Å². The van der Waals surface area contributed by atoms with Gasteiger partial charge in [-0.3, -0.25) is 0 Å². The van der Waals surface area contributed by atoms with Gasteiger partial charge in [0.15, 0.2) is 5.69 Å². The van der Waals surface area contributed by atoms with E-state index in [0.29, 0.717) is 18.2 Å². The lowest BCUT2D eigenvalue weighted by Gasteiger charge is -2.32. The van der Waals surface area contributed by atoms with E-state index in [1.807, 2.05) is 0 Å². The fraction of sp³-hybridized carbons (Fsp3) is 0.400. The van der Waals surface area contributed by atoms with E-state index in [9.17, 15) is 4.79 Å². The Morgan fingerprint density at radius 1 is 1.29 bits per heavy atom. The van der Waals surface area contributed by atoms with Crippen molar-refractivity contribution in [3.8, 4) is 5.82 Å². The Labute approximate surface area is 159 Å². The van der Waals surface area contributed by atoms with Gasteiger partial charge in [-0.15, -0.1) is 5.10 Å². The van der Waals surface area contributed by atoms with Gasteiger partial charge in [0.25, 0.3) is 0 Å². The Kier molecular flexibility index (Phi) is 4.80. The van der Waals surface area contributed by atoms with Gasteiger partial charge in [0.1, 0.15) is 12.2 Å². The molecule has 0 unspecified atom stereocenters. The lowest BCUT2D eigenvalue weighted by molar-refractivity contribution is -0.914. The normalized spacial score (nSPS) is 15.0. The first-order chi connectivity index (χ1) is 13.7. The van der Waals surface area contributed by atoms with Crippen molar-refractivity contribution in [1.29, 1.82) is 0 Å². The Bertz CT molecular complexity index is 948. The van der Waals surface area contributed by atoms with Crippen LogP contribution in [-0.4, -0.2) is 74.5 Å². The quantitative estimate of drug-likeness (QED) is 0.454. The second-order valence-corrected chi connectivity index (χ2v) is 6.22. The van der Waals surface area contributed by atoms with E-state index in [-0.39, 0.29) is 17.3 Å². The average molecular weight is 387 g/mol. The molecule has 0 aliphatic carbocycles. The van der Waals surface area contributed by atoms with Gasteiger partial charge in [-0.2, -0.15) is 4.68 Å². The smallest absolute Gasteiger partial charge is 0.360 e. The van der Waals surface area contributed by atoms with Crippen molar-refractivity contribution >= 4 is 17.7 Å². The number of hydrogen-bond acceptors (Lipinski definition) is 11. The summed E-state index contributed by atoms with van der Waals surface area (Å²) in [5.74, 6) is 0.383. The number of hydrogen-bond donors (Lipinski definition) is 2. The van der Waals surface area contributed by atoms with Crippen LogP contribution in [0.15, 0.2) is 23.1 Å². The van der Waals surface area contributed by atoms with Gasteiger partial charge >= 0.3 is 5.97 Å². The number of aromatic nitrogens is 7. The number of carbonyl (C=O) groups is 1. The lowest BCUT2D eigenvalue weighted by Crippen LogP contribution is -3.13. The Morgan fingerprint density at radius 3 is 2.68 bits per heavy atom. The third-order valence-electron chi connectivity index (χ3n) is 4.56. The summed E-state index contributed by atoms with van der Waals surface area (Å²) in [6, 6.07) is 1.79. The number of nitrogens with one attached hydrogen (secondary N) is 1. The highest BCUT2D eigenvalue weighted by molar-refractivity contribution is 5.88. The molecule has 0 amide bonds. The molecule has 1 aliphatic rings. The van der Waals surface area contributed by atoms with Gasteiger partial charge in [0, 0.05) is 12.4 Å². The molecule has 1 saturated heterocycles. The fourth-order valence-corrected chi connectivity index (χ4v) is 3.11. The number of rotatable bonds is 5. The summed E-state index contributed by atoms with van der Waals surface area (Å²) in [6.45, 7) is 3.67. The second kappa shape index (κ2) is 7.56. The van der Waals surface area contributed by atoms with Crippen LogP contribution in [0.5, 0.6) is 0 Å². The first-order valence-electron chi connectivity index (χ1n) is 8.64. The van der Waals surface area contributed by atoms with Crippen LogP contribution < -0.4 is 15.5 Å². The van der Waals surface area contributed by atoms with E-state index < -0.39 is 5.97 Å². The van der Waals surface area contributed by atoms with E-state index >= 15 is 0 Å². The summed E-state index contributed by atoms with van der Waals surface area (Å²) in [5, 5.41) is 15.2. The first-order valence-corrected chi connectivity index (χ1v) is 8.64. The van der Waals surface area contributed by atoms with Gasteiger partial charge in [0.2, 0.25) is 17.6 Å². The molecular weight excluding hydrogens is 368 g/mol. The SMILES string of the molecule is COC(=O)c1nnn(-c2nonc2N)c1C[NH+]1CCN(c2ncccn2)CC1. The molecule has 0 bridgehead atoms. The fourth-order valence-electron chi connectivity index (χ4n) is 3.11. The number of esters is 1. The lowest BCUT2D eigenvalue weighted by atomic mass is 10.2. The molecule has 28 heavy (non-hydrogen) atoms. The highest BCUT2D eigenvalue weighted by atomic mass is 16.6. The summed E-state index contributed by atoms with van der Waals surface area (Å²) < 4.78 is 10.8. The Morgan fingerprint density at radius 2 is 2.04 bits per heavy atom. The Balaban J connectivity index is 1.54. The van der Waals surface area contributed by atoms with Gasteiger partial charge < -0.3 is 20.3 Å². The summed E-state index contributed by atoms with van der Waals surface area (Å²) in [7, 11) is 1.29. The number of methoxy groups -OCH3 is 1. The molecule has 3 aromatic rings. The average Bonchev–Trinajstić information content (AvgIpc) is 3.34. The minimum atomic E-state index is -0.577. The van der Waals surface area contributed by atoms with Gasteiger partial charge in [-0.25, -0.2) is 19.4 Å². The molecule has 3 N–H and O–H groups in total. The molecule has 1 fully saturated rings. The Hall–Kier alpha value is -3.61. The molecule has 4 heterocycles. The van der Waals surface area contributed by atoms with E-state index in [4.69, 9.17) is 10.5 Å². The van der Waals surface area contributed by atoms with Crippen molar-refractivity contribution in [2.75, 3.05) is 43.9 Å². The number of quaternary nitrogens is 1. The predicted octanol–water partition coefficient (Wildman–Crippen LogP) is -2.29. The number of nitrogens with zero attached hydrogens (tertiary/aromatic N) is 8. The monoisotopic (exact) mass is 387 g/mol. The van der Waals surface area contributed by atoms with Crippen molar-refractivity contribution in [1.82, 2.24) is 35.3 Å². The van der Waals surface area contributed by atoms with Crippen LogP contribution in [0.2, 0.25) is 0 Å². The largest absolute Gasteiger partial charge is 0.464 e. The number of ether oxygens (including phenoxy) is 1. The van der Waals surface area contributed by atoms with Crippen molar-refractivity contribution in [2.24, 2.45) is 0 Å². The minimum Gasteiger partial charge on any atom is -0.464 e. The van der Waals surface area contributed by atoms with Crippen molar-refractivity contribution in [3.05, 3.63) is 29.8 Å². The van der Waals surface area contributed by atoms with Crippen LogP contribution in [-0.2, 0) is 11.3 Å². The maximum Gasteiger partial charge on any atom is 0.360 e. The number of carbonyl (C=O) groups excluding carboxylic acids is 1. The molecule has 0 radical (unpaired) electrons.